The molecular formula is C21H21N5O2S. The van der Waals surface area contributed by atoms with E-state index in [0.29, 0.717) is 17.5 Å². The molecule has 8 heteroatoms. The number of para-hydroxylation sites is 4. The smallest absolute Gasteiger partial charge is 0.257 e. The summed E-state index contributed by atoms with van der Waals surface area (Å²) in [5.41, 5.74) is 3.57. The molecule has 1 saturated heterocycles. The minimum absolute atomic E-state index is 0.115. The Bertz CT molecular complexity index is 1090. The standard InChI is InChI=1S/C21H21N5O2S/c27-19(14-29-21-24-17-8-3-4-9-18(17)28-21)25-10-5-11-26(13-12-25)20-22-15-6-1-2-7-16(15)23-20/h1-4,6-9H,5,10-14H2,(H,22,23). The van der Waals surface area contributed by atoms with Gasteiger partial charge >= 0.3 is 0 Å². The Hall–Kier alpha value is -3.00. The predicted octanol–water partition coefficient (Wildman–Crippen LogP) is 3.54. The van der Waals surface area contributed by atoms with E-state index in [1.807, 2.05) is 53.4 Å². The number of hydrogen-bond donors (Lipinski definition) is 1. The maximum Gasteiger partial charge on any atom is 0.257 e. The van der Waals surface area contributed by atoms with Gasteiger partial charge in [-0.3, -0.25) is 4.79 Å². The molecule has 0 saturated carbocycles. The number of thioether (sulfide) groups is 1. The Morgan fingerprint density at radius 3 is 2.69 bits per heavy atom. The monoisotopic (exact) mass is 407 g/mol. The van der Waals surface area contributed by atoms with Gasteiger partial charge in [-0.1, -0.05) is 36.0 Å². The number of aromatic nitrogens is 3. The van der Waals surface area contributed by atoms with Crippen molar-refractivity contribution in [2.75, 3.05) is 36.8 Å². The van der Waals surface area contributed by atoms with E-state index in [9.17, 15) is 4.79 Å². The average Bonchev–Trinajstić information content (AvgIpc) is 3.28. The number of amides is 1. The summed E-state index contributed by atoms with van der Waals surface area (Å²) in [5, 5.41) is 0.540. The third kappa shape index (κ3) is 3.80. The fourth-order valence-corrected chi connectivity index (χ4v) is 4.34. The molecule has 0 atom stereocenters. The molecule has 4 aromatic rings. The number of rotatable bonds is 4. The molecule has 1 aliphatic rings. The zero-order chi connectivity index (χ0) is 19.6. The molecule has 2 aromatic heterocycles. The van der Waals surface area contributed by atoms with Crippen LogP contribution in [0.2, 0.25) is 0 Å². The second-order valence-corrected chi connectivity index (χ2v) is 7.96. The van der Waals surface area contributed by atoms with E-state index in [1.54, 1.807) is 0 Å². The number of carbonyl (C=O) groups excluding carboxylic acids is 1. The first-order chi connectivity index (χ1) is 14.3. The van der Waals surface area contributed by atoms with Gasteiger partial charge in [-0.2, -0.15) is 0 Å². The zero-order valence-electron chi connectivity index (χ0n) is 15.9. The van der Waals surface area contributed by atoms with Crippen LogP contribution >= 0.6 is 11.8 Å². The SMILES string of the molecule is O=C(CSc1nc2ccccc2o1)N1CCCN(c2nc3ccccc3[nH]2)CC1. The minimum Gasteiger partial charge on any atom is -0.431 e. The fourth-order valence-electron chi connectivity index (χ4n) is 3.60. The highest BCUT2D eigenvalue weighted by atomic mass is 32.2. The third-order valence-electron chi connectivity index (χ3n) is 5.12. The van der Waals surface area contributed by atoms with Gasteiger partial charge in [0.05, 0.1) is 16.8 Å². The molecule has 7 nitrogen and oxygen atoms in total. The number of fused-ring (bicyclic) bond motifs is 2. The van der Waals surface area contributed by atoms with Crippen molar-refractivity contribution >= 4 is 45.8 Å². The molecule has 5 rings (SSSR count). The summed E-state index contributed by atoms with van der Waals surface area (Å²) in [6.07, 6.45) is 0.913. The Balaban J connectivity index is 1.20. The van der Waals surface area contributed by atoms with Gasteiger partial charge in [-0.25, -0.2) is 9.97 Å². The van der Waals surface area contributed by atoms with Crippen molar-refractivity contribution in [3.63, 3.8) is 0 Å². The highest BCUT2D eigenvalue weighted by Gasteiger charge is 2.21. The van der Waals surface area contributed by atoms with Crippen molar-refractivity contribution in [3.8, 4) is 0 Å². The molecule has 2 aromatic carbocycles. The van der Waals surface area contributed by atoms with Crippen LogP contribution in [0.5, 0.6) is 0 Å². The lowest BCUT2D eigenvalue weighted by Crippen LogP contribution is -2.36. The summed E-state index contributed by atoms with van der Waals surface area (Å²) < 4.78 is 5.69. The normalized spacial score (nSPS) is 15.2. The van der Waals surface area contributed by atoms with Gasteiger partial charge < -0.3 is 19.2 Å². The van der Waals surface area contributed by atoms with E-state index in [4.69, 9.17) is 4.42 Å². The van der Waals surface area contributed by atoms with E-state index < -0.39 is 0 Å². The van der Waals surface area contributed by atoms with Crippen LogP contribution < -0.4 is 4.90 Å². The number of anilines is 1. The summed E-state index contributed by atoms with van der Waals surface area (Å²) in [4.78, 5) is 29.4. The number of oxazole rings is 1. The Morgan fingerprint density at radius 2 is 1.83 bits per heavy atom. The quantitative estimate of drug-likeness (QED) is 0.522. The number of aromatic amines is 1. The van der Waals surface area contributed by atoms with Crippen LogP contribution in [0.1, 0.15) is 6.42 Å². The van der Waals surface area contributed by atoms with Crippen molar-refractivity contribution in [2.24, 2.45) is 0 Å². The predicted molar refractivity (Wildman–Crippen MR) is 114 cm³/mol. The zero-order valence-corrected chi connectivity index (χ0v) is 16.7. The van der Waals surface area contributed by atoms with E-state index in [-0.39, 0.29) is 5.91 Å². The maximum atomic E-state index is 12.7. The van der Waals surface area contributed by atoms with Crippen molar-refractivity contribution in [2.45, 2.75) is 11.6 Å². The van der Waals surface area contributed by atoms with E-state index in [1.165, 1.54) is 11.8 Å². The second kappa shape index (κ2) is 7.79. The van der Waals surface area contributed by atoms with Gasteiger partial charge in [-0.15, -0.1) is 0 Å². The van der Waals surface area contributed by atoms with Crippen molar-refractivity contribution in [1.29, 1.82) is 0 Å². The van der Waals surface area contributed by atoms with Gasteiger partial charge in [0.1, 0.15) is 5.52 Å². The van der Waals surface area contributed by atoms with Gasteiger partial charge in [0.15, 0.2) is 5.58 Å². The Morgan fingerprint density at radius 1 is 1.00 bits per heavy atom. The molecule has 0 spiro atoms. The first kappa shape index (κ1) is 18.1. The van der Waals surface area contributed by atoms with E-state index >= 15 is 0 Å². The van der Waals surface area contributed by atoms with Gasteiger partial charge in [-0.05, 0) is 30.7 Å². The van der Waals surface area contributed by atoms with Crippen LogP contribution in [0.4, 0.5) is 5.95 Å². The highest BCUT2D eigenvalue weighted by Crippen LogP contribution is 2.24. The molecule has 29 heavy (non-hydrogen) atoms. The molecule has 3 heterocycles. The Labute approximate surface area is 172 Å². The van der Waals surface area contributed by atoms with Crippen LogP contribution in [0, 0.1) is 0 Å². The van der Waals surface area contributed by atoms with E-state index in [2.05, 4.69) is 19.9 Å². The number of nitrogens with one attached hydrogen (secondary N) is 1. The lowest BCUT2D eigenvalue weighted by molar-refractivity contribution is -0.128. The number of hydrogen-bond acceptors (Lipinski definition) is 6. The number of imidazole rings is 1. The van der Waals surface area contributed by atoms with Crippen molar-refractivity contribution in [3.05, 3.63) is 48.5 Å². The van der Waals surface area contributed by atoms with Crippen LogP contribution in [-0.2, 0) is 4.79 Å². The van der Waals surface area contributed by atoms with Crippen molar-refractivity contribution < 1.29 is 9.21 Å². The highest BCUT2D eigenvalue weighted by molar-refractivity contribution is 7.99. The average molecular weight is 407 g/mol. The molecule has 1 fully saturated rings. The summed E-state index contributed by atoms with van der Waals surface area (Å²) in [7, 11) is 0. The number of carbonyl (C=O) groups is 1. The molecular weight excluding hydrogens is 386 g/mol. The van der Waals surface area contributed by atoms with Crippen LogP contribution in [0.3, 0.4) is 0 Å². The lowest BCUT2D eigenvalue weighted by atomic mass is 10.3. The van der Waals surface area contributed by atoms with Gasteiger partial charge in [0.2, 0.25) is 11.9 Å². The minimum atomic E-state index is 0.115. The van der Waals surface area contributed by atoms with Gasteiger partial charge in [0.25, 0.3) is 5.22 Å². The topological polar surface area (TPSA) is 78.3 Å². The van der Waals surface area contributed by atoms with Gasteiger partial charge in [0, 0.05) is 26.2 Å². The first-order valence-corrected chi connectivity index (χ1v) is 10.7. The van der Waals surface area contributed by atoms with Crippen LogP contribution in [-0.4, -0.2) is 57.7 Å². The largest absolute Gasteiger partial charge is 0.431 e. The molecule has 1 N–H and O–H groups in total. The molecule has 0 unspecified atom stereocenters. The lowest BCUT2D eigenvalue weighted by Gasteiger charge is -2.21. The second-order valence-electron chi connectivity index (χ2n) is 7.04. The number of benzene rings is 2. The van der Waals surface area contributed by atoms with Crippen molar-refractivity contribution in [1.82, 2.24) is 19.9 Å². The third-order valence-corrected chi connectivity index (χ3v) is 5.93. The summed E-state index contributed by atoms with van der Waals surface area (Å²) in [6, 6.07) is 15.7. The first-order valence-electron chi connectivity index (χ1n) is 9.72. The summed E-state index contributed by atoms with van der Waals surface area (Å²) in [5.74, 6) is 1.32. The summed E-state index contributed by atoms with van der Waals surface area (Å²) >= 11 is 1.35. The molecule has 0 aliphatic carbocycles. The fraction of sp³-hybridized carbons (Fsp3) is 0.286. The maximum absolute atomic E-state index is 12.7. The molecule has 1 aliphatic heterocycles. The molecule has 1 amide bonds. The van der Waals surface area contributed by atoms with E-state index in [0.717, 1.165) is 54.1 Å². The number of nitrogens with zero attached hydrogens (tertiary/aromatic N) is 4. The van der Waals surface area contributed by atoms with Crippen LogP contribution in [0.25, 0.3) is 22.1 Å². The molecule has 148 valence electrons. The van der Waals surface area contributed by atoms with Crippen LogP contribution in [0.15, 0.2) is 58.2 Å². The summed E-state index contributed by atoms with van der Waals surface area (Å²) in [6.45, 7) is 3.08. The number of H-pyrrole nitrogens is 1. The molecule has 0 radical (unpaired) electrons. The molecule has 0 bridgehead atoms. The Kier molecular flexibility index (Phi) is 4.85.